The summed E-state index contributed by atoms with van der Waals surface area (Å²) in [5.41, 5.74) is 4.90. The molecule has 5 heteroatoms. The fraction of sp³-hybridized carbons (Fsp3) is 0.389. The Labute approximate surface area is 142 Å². The van der Waals surface area contributed by atoms with Gasteiger partial charge in [-0.1, -0.05) is 30.8 Å². The Bertz CT molecular complexity index is 695. The van der Waals surface area contributed by atoms with E-state index in [1.165, 1.54) is 11.8 Å². The SMILES string of the molecule is CCC(Sc1nc(C)cc(C)n1)C(=O)Nc1cc(C)ccc1C. The van der Waals surface area contributed by atoms with Gasteiger partial charge in [0.2, 0.25) is 5.91 Å². The molecule has 1 amide bonds. The molecule has 4 nitrogen and oxygen atoms in total. The summed E-state index contributed by atoms with van der Waals surface area (Å²) in [6.45, 7) is 9.90. The first-order chi connectivity index (χ1) is 10.9. The number of aryl methyl sites for hydroxylation is 4. The zero-order chi connectivity index (χ0) is 17.0. The molecule has 1 aromatic heterocycles. The second-order valence-electron chi connectivity index (χ2n) is 5.76. The van der Waals surface area contributed by atoms with Crippen LogP contribution in [0.2, 0.25) is 0 Å². The normalized spacial score (nSPS) is 12.0. The summed E-state index contributed by atoms with van der Waals surface area (Å²) >= 11 is 1.42. The van der Waals surface area contributed by atoms with Crippen LogP contribution >= 0.6 is 11.8 Å². The first kappa shape index (κ1) is 17.5. The fourth-order valence-corrected chi connectivity index (χ4v) is 3.26. The molecule has 2 rings (SSSR count). The number of nitrogens with zero attached hydrogens (tertiary/aromatic N) is 2. The monoisotopic (exact) mass is 329 g/mol. The van der Waals surface area contributed by atoms with Crippen molar-refractivity contribution in [1.82, 2.24) is 9.97 Å². The number of carbonyl (C=O) groups excluding carboxylic acids is 1. The van der Waals surface area contributed by atoms with Crippen molar-refractivity contribution in [3.8, 4) is 0 Å². The molecule has 0 radical (unpaired) electrons. The van der Waals surface area contributed by atoms with E-state index in [-0.39, 0.29) is 11.2 Å². The third kappa shape index (κ3) is 4.79. The van der Waals surface area contributed by atoms with Crippen molar-refractivity contribution in [3.63, 3.8) is 0 Å². The molecule has 1 atom stereocenters. The number of nitrogens with one attached hydrogen (secondary N) is 1. The Hall–Kier alpha value is -1.88. The van der Waals surface area contributed by atoms with Gasteiger partial charge in [-0.15, -0.1) is 0 Å². The van der Waals surface area contributed by atoms with Crippen molar-refractivity contribution in [1.29, 1.82) is 0 Å². The topological polar surface area (TPSA) is 54.9 Å². The molecule has 23 heavy (non-hydrogen) atoms. The van der Waals surface area contributed by atoms with Crippen LogP contribution in [0.15, 0.2) is 29.4 Å². The van der Waals surface area contributed by atoms with Gasteiger partial charge in [-0.05, 0) is 57.4 Å². The highest BCUT2D eigenvalue weighted by atomic mass is 32.2. The van der Waals surface area contributed by atoms with E-state index in [1.807, 2.05) is 58.9 Å². The van der Waals surface area contributed by atoms with Crippen LogP contribution in [0.3, 0.4) is 0 Å². The maximum atomic E-state index is 12.6. The minimum absolute atomic E-state index is 0.00559. The Kier molecular flexibility index (Phi) is 5.77. The molecule has 0 saturated heterocycles. The van der Waals surface area contributed by atoms with Crippen LogP contribution < -0.4 is 5.32 Å². The van der Waals surface area contributed by atoms with Gasteiger partial charge in [0.1, 0.15) is 0 Å². The van der Waals surface area contributed by atoms with Gasteiger partial charge in [-0.2, -0.15) is 0 Å². The maximum absolute atomic E-state index is 12.6. The van der Waals surface area contributed by atoms with E-state index < -0.39 is 0 Å². The van der Waals surface area contributed by atoms with E-state index in [9.17, 15) is 4.79 Å². The van der Waals surface area contributed by atoms with Gasteiger partial charge in [0, 0.05) is 17.1 Å². The summed E-state index contributed by atoms with van der Waals surface area (Å²) in [5.74, 6) is -0.00559. The zero-order valence-corrected chi connectivity index (χ0v) is 15.1. The molecular formula is C18H23N3OS. The summed E-state index contributed by atoms with van der Waals surface area (Å²) in [7, 11) is 0. The predicted octanol–water partition coefficient (Wildman–Crippen LogP) is 4.22. The van der Waals surface area contributed by atoms with Crippen LogP contribution in [0.25, 0.3) is 0 Å². The number of anilines is 1. The first-order valence-corrected chi connectivity index (χ1v) is 8.64. The lowest BCUT2D eigenvalue weighted by Crippen LogP contribution is -2.25. The van der Waals surface area contributed by atoms with Gasteiger partial charge >= 0.3 is 0 Å². The Morgan fingerprint density at radius 2 is 1.78 bits per heavy atom. The minimum Gasteiger partial charge on any atom is -0.325 e. The number of aromatic nitrogens is 2. The van der Waals surface area contributed by atoms with Crippen LogP contribution in [-0.4, -0.2) is 21.1 Å². The average Bonchev–Trinajstić information content (AvgIpc) is 2.47. The van der Waals surface area contributed by atoms with Gasteiger partial charge in [0.15, 0.2) is 5.16 Å². The molecule has 0 spiro atoms. The van der Waals surface area contributed by atoms with Crippen LogP contribution in [0.4, 0.5) is 5.69 Å². The lowest BCUT2D eigenvalue weighted by Gasteiger charge is -2.16. The number of carbonyl (C=O) groups is 1. The molecule has 0 bridgehead atoms. The van der Waals surface area contributed by atoms with Crippen molar-refractivity contribution >= 4 is 23.4 Å². The highest BCUT2D eigenvalue weighted by molar-refractivity contribution is 8.00. The van der Waals surface area contributed by atoms with Crippen LogP contribution in [0.5, 0.6) is 0 Å². The third-order valence-electron chi connectivity index (χ3n) is 3.52. The summed E-state index contributed by atoms with van der Waals surface area (Å²) in [5, 5.41) is 3.48. The molecule has 1 heterocycles. The summed E-state index contributed by atoms with van der Waals surface area (Å²) in [4.78, 5) is 21.4. The number of hydrogen-bond acceptors (Lipinski definition) is 4. The van der Waals surface area contributed by atoms with Gasteiger partial charge in [0.25, 0.3) is 0 Å². The third-order valence-corrected chi connectivity index (χ3v) is 4.75. The second kappa shape index (κ2) is 7.59. The van der Waals surface area contributed by atoms with E-state index in [4.69, 9.17) is 0 Å². The van der Waals surface area contributed by atoms with Gasteiger partial charge in [0.05, 0.1) is 5.25 Å². The van der Waals surface area contributed by atoms with Gasteiger partial charge in [-0.3, -0.25) is 4.79 Å². The predicted molar refractivity (Wildman–Crippen MR) is 96.0 cm³/mol. The van der Waals surface area contributed by atoms with Gasteiger partial charge in [-0.25, -0.2) is 9.97 Å². The first-order valence-electron chi connectivity index (χ1n) is 7.76. The zero-order valence-electron chi connectivity index (χ0n) is 14.3. The van der Waals surface area contributed by atoms with Crippen molar-refractivity contribution in [2.45, 2.75) is 51.4 Å². The summed E-state index contributed by atoms with van der Waals surface area (Å²) in [6, 6.07) is 7.99. The van der Waals surface area contributed by atoms with Crippen molar-refractivity contribution in [2.24, 2.45) is 0 Å². The molecule has 1 unspecified atom stereocenters. The largest absolute Gasteiger partial charge is 0.325 e. The Morgan fingerprint density at radius 1 is 1.13 bits per heavy atom. The van der Waals surface area contributed by atoms with E-state index in [1.54, 1.807) is 0 Å². The van der Waals surface area contributed by atoms with E-state index in [2.05, 4.69) is 15.3 Å². The Balaban J connectivity index is 2.13. The number of benzene rings is 1. The fourth-order valence-electron chi connectivity index (χ4n) is 2.28. The molecule has 2 aromatic rings. The van der Waals surface area contributed by atoms with Gasteiger partial charge < -0.3 is 5.32 Å². The molecular weight excluding hydrogens is 306 g/mol. The molecule has 1 N–H and O–H groups in total. The molecule has 0 aliphatic carbocycles. The molecule has 122 valence electrons. The Morgan fingerprint density at radius 3 is 2.39 bits per heavy atom. The number of hydrogen-bond donors (Lipinski definition) is 1. The van der Waals surface area contributed by atoms with Crippen LogP contribution in [0.1, 0.15) is 35.9 Å². The summed E-state index contributed by atoms with van der Waals surface area (Å²) < 4.78 is 0. The smallest absolute Gasteiger partial charge is 0.237 e. The van der Waals surface area contributed by atoms with Crippen molar-refractivity contribution < 1.29 is 4.79 Å². The van der Waals surface area contributed by atoms with Crippen molar-refractivity contribution in [2.75, 3.05) is 5.32 Å². The maximum Gasteiger partial charge on any atom is 0.237 e. The second-order valence-corrected chi connectivity index (χ2v) is 6.93. The minimum atomic E-state index is -0.212. The van der Waals surface area contributed by atoms with Crippen LogP contribution in [0, 0.1) is 27.7 Å². The standard InChI is InChI=1S/C18H23N3OS/c1-6-16(23-18-19-13(4)10-14(5)20-18)17(22)21-15-9-11(2)7-8-12(15)3/h7-10,16H,6H2,1-5H3,(H,21,22). The lowest BCUT2D eigenvalue weighted by molar-refractivity contribution is -0.115. The van der Waals surface area contributed by atoms with Crippen LogP contribution in [-0.2, 0) is 4.79 Å². The van der Waals surface area contributed by atoms with Crippen molar-refractivity contribution in [3.05, 3.63) is 46.8 Å². The molecule has 0 aliphatic heterocycles. The van der Waals surface area contributed by atoms with E-state index in [0.717, 1.165) is 34.6 Å². The molecule has 1 aromatic carbocycles. The number of thioether (sulfide) groups is 1. The highest BCUT2D eigenvalue weighted by Crippen LogP contribution is 2.25. The molecule has 0 aliphatic rings. The number of amides is 1. The molecule has 0 fully saturated rings. The summed E-state index contributed by atoms with van der Waals surface area (Å²) in [6.07, 6.45) is 0.720. The average molecular weight is 329 g/mol. The quantitative estimate of drug-likeness (QED) is 0.659. The van der Waals surface area contributed by atoms with E-state index >= 15 is 0 Å². The lowest BCUT2D eigenvalue weighted by atomic mass is 10.1. The van der Waals surface area contributed by atoms with E-state index in [0.29, 0.717) is 5.16 Å². The number of rotatable bonds is 5. The highest BCUT2D eigenvalue weighted by Gasteiger charge is 2.20. The molecule has 0 saturated carbocycles.